The maximum atomic E-state index is 13.0. The van der Waals surface area contributed by atoms with Crippen LogP contribution in [0.15, 0.2) is 41.2 Å². The SMILES string of the molecule is Cc1cc(F)ccc1C(=O)Nc1ccc2[nH]c(=O)[nH]c2c1. The van der Waals surface area contributed by atoms with Crippen LogP contribution in [0.1, 0.15) is 15.9 Å². The number of benzene rings is 2. The van der Waals surface area contributed by atoms with Crippen LogP contribution in [0.4, 0.5) is 10.1 Å². The summed E-state index contributed by atoms with van der Waals surface area (Å²) in [4.78, 5) is 28.6. The molecule has 1 aromatic heterocycles. The zero-order valence-electron chi connectivity index (χ0n) is 11.2. The van der Waals surface area contributed by atoms with E-state index < -0.39 is 0 Å². The number of anilines is 1. The molecule has 0 atom stereocenters. The van der Waals surface area contributed by atoms with E-state index in [-0.39, 0.29) is 17.4 Å². The molecule has 106 valence electrons. The number of aryl methyl sites for hydroxylation is 1. The average Bonchev–Trinajstić information content (AvgIpc) is 2.77. The molecule has 3 N–H and O–H groups in total. The highest BCUT2D eigenvalue weighted by Gasteiger charge is 2.10. The van der Waals surface area contributed by atoms with Crippen LogP contribution in [-0.4, -0.2) is 15.9 Å². The number of aromatic nitrogens is 2. The predicted molar refractivity (Wildman–Crippen MR) is 78.0 cm³/mol. The second-order valence-corrected chi connectivity index (χ2v) is 4.75. The molecule has 0 radical (unpaired) electrons. The number of imidazole rings is 1. The predicted octanol–water partition coefficient (Wildman–Crippen LogP) is 2.56. The fourth-order valence-electron chi connectivity index (χ4n) is 2.19. The Morgan fingerprint density at radius 3 is 2.62 bits per heavy atom. The number of H-pyrrole nitrogens is 2. The summed E-state index contributed by atoms with van der Waals surface area (Å²) >= 11 is 0. The molecule has 0 bridgehead atoms. The van der Waals surface area contributed by atoms with Crippen LogP contribution in [0.5, 0.6) is 0 Å². The molecule has 1 amide bonds. The van der Waals surface area contributed by atoms with Crippen LogP contribution in [0, 0.1) is 12.7 Å². The molecule has 1 heterocycles. The summed E-state index contributed by atoms with van der Waals surface area (Å²) in [5.74, 6) is -0.708. The molecule has 0 unspecified atom stereocenters. The summed E-state index contributed by atoms with van der Waals surface area (Å²) in [5.41, 5.74) is 2.47. The number of rotatable bonds is 2. The van der Waals surface area contributed by atoms with Gasteiger partial charge in [0.15, 0.2) is 0 Å². The van der Waals surface area contributed by atoms with Crippen molar-refractivity contribution in [1.29, 1.82) is 0 Å². The van der Waals surface area contributed by atoms with Crippen molar-refractivity contribution < 1.29 is 9.18 Å². The maximum absolute atomic E-state index is 13.0. The summed E-state index contributed by atoms with van der Waals surface area (Å²) in [6.45, 7) is 1.67. The van der Waals surface area contributed by atoms with Crippen molar-refractivity contribution in [2.24, 2.45) is 0 Å². The fourth-order valence-corrected chi connectivity index (χ4v) is 2.19. The molecule has 0 spiro atoms. The van der Waals surface area contributed by atoms with Crippen molar-refractivity contribution in [3.63, 3.8) is 0 Å². The molecule has 0 aliphatic heterocycles. The van der Waals surface area contributed by atoms with E-state index in [1.165, 1.54) is 18.2 Å². The third kappa shape index (κ3) is 2.55. The Labute approximate surface area is 118 Å². The number of carbonyl (C=O) groups excluding carboxylic acids is 1. The zero-order chi connectivity index (χ0) is 15.0. The molecule has 3 rings (SSSR count). The summed E-state index contributed by atoms with van der Waals surface area (Å²) < 4.78 is 13.0. The van der Waals surface area contributed by atoms with Crippen LogP contribution < -0.4 is 11.0 Å². The van der Waals surface area contributed by atoms with E-state index in [2.05, 4.69) is 15.3 Å². The topological polar surface area (TPSA) is 77.8 Å². The largest absolute Gasteiger partial charge is 0.323 e. The molecule has 21 heavy (non-hydrogen) atoms. The van der Waals surface area contributed by atoms with Gasteiger partial charge in [0.1, 0.15) is 5.82 Å². The molecule has 0 saturated carbocycles. The van der Waals surface area contributed by atoms with Gasteiger partial charge in [-0.05, 0) is 48.9 Å². The molecule has 0 saturated heterocycles. The molecule has 0 aliphatic carbocycles. The summed E-state index contributed by atoms with van der Waals surface area (Å²) in [7, 11) is 0. The number of hydrogen-bond acceptors (Lipinski definition) is 2. The lowest BCUT2D eigenvalue weighted by atomic mass is 10.1. The first-order valence-corrected chi connectivity index (χ1v) is 6.32. The molecule has 0 aliphatic rings. The van der Waals surface area contributed by atoms with Crippen molar-refractivity contribution in [2.75, 3.05) is 5.32 Å². The van der Waals surface area contributed by atoms with Crippen LogP contribution >= 0.6 is 0 Å². The Bertz CT molecular complexity index is 895. The molecule has 2 aromatic carbocycles. The van der Waals surface area contributed by atoms with Gasteiger partial charge in [0.2, 0.25) is 0 Å². The van der Waals surface area contributed by atoms with Gasteiger partial charge in [-0.15, -0.1) is 0 Å². The van der Waals surface area contributed by atoms with E-state index in [1.807, 2.05) is 0 Å². The third-order valence-electron chi connectivity index (χ3n) is 3.21. The van der Waals surface area contributed by atoms with Gasteiger partial charge in [-0.3, -0.25) is 4.79 Å². The Hall–Kier alpha value is -2.89. The normalized spacial score (nSPS) is 10.8. The van der Waals surface area contributed by atoms with E-state index in [1.54, 1.807) is 25.1 Å². The summed E-state index contributed by atoms with van der Waals surface area (Å²) in [6, 6.07) is 9.03. The van der Waals surface area contributed by atoms with Crippen molar-refractivity contribution in [2.45, 2.75) is 6.92 Å². The number of fused-ring (bicyclic) bond motifs is 1. The van der Waals surface area contributed by atoms with Gasteiger partial charge in [0, 0.05) is 11.3 Å². The number of halogens is 1. The van der Waals surface area contributed by atoms with Crippen LogP contribution in [0.25, 0.3) is 11.0 Å². The zero-order valence-corrected chi connectivity index (χ0v) is 11.2. The monoisotopic (exact) mass is 285 g/mol. The Balaban J connectivity index is 1.90. The highest BCUT2D eigenvalue weighted by Crippen LogP contribution is 2.17. The van der Waals surface area contributed by atoms with E-state index in [0.717, 1.165) is 0 Å². The molecule has 3 aromatic rings. The van der Waals surface area contributed by atoms with Crippen molar-refractivity contribution in [3.8, 4) is 0 Å². The van der Waals surface area contributed by atoms with Crippen molar-refractivity contribution in [1.82, 2.24) is 9.97 Å². The van der Waals surface area contributed by atoms with Gasteiger partial charge in [0.05, 0.1) is 11.0 Å². The van der Waals surface area contributed by atoms with E-state index in [0.29, 0.717) is 27.8 Å². The minimum atomic E-state index is -0.379. The van der Waals surface area contributed by atoms with Gasteiger partial charge in [0.25, 0.3) is 5.91 Å². The summed E-state index contributed by atoms with van der Waals surface area (Å²) in [6.07, 6.45) is 0. The first-order chi connectivity index (χ1) is 10.0. The number of nitrogens with one attached hydrogen (secondary N) is 3. The molecular weight excluding hydrogens is 273 g/mol. The average molecular weight is 285 g/mol. The van der Waals surface area contributed by atoms with Crippen LogP contribution in [0.3, 0.4) is 0 Å². The second kappa shape index (κ2) is 4.90. The smallest absolute Gasteiger partial charge is 0.322 e. The van der Waals surface area contributed by atoms with Gasteiger partial charge >= 0.3 is 5.69 Å². The van der Waals surface area contributed by atoms with Gasteiger partial charge in [-0.2, -0.15) is 0 Å². The highest BCUT2D eigenvalue weighted by molar-refractivity contribution is 6.05. The minimum absolute atomic E-state index is 0.303. The van der Waals surface area contributed by atoms with E-state index >= 15 is 0 Å². The molecule has 0 fully saturated rings. The van der Waals surface area contributed by atoms with Gasteiger partial charge < -0.3 is 15.3 Å². The van der Waals surface area contributed by atoms with Crippen molar-refractivity contribution in [3.05, 3.63) is 63.8 Å². The first-order valence-electron chi connectivity index (χ1n) is 6.32. The minimum Gasteiger partial charge on any atom is -0.322 e. The van der Waals surface area contributed by atoms with E-state index in [4.69, 9.17) is 0 Å². The quantitative estimate of drug-likeness (QED) is 0.676. The molecule has 5 nitrogen and oxygen atoms in total. The Kier molecular flexibility index (Phi) is 3.06. The second-order valence-electron chi connectivity index (χ2n) is 4.75. The first kappa shape index (κ1) is 13.1. The number of aromatic amines is 2. The lowest BCUT2D eigenvalue weighted by Crippen LogP contribution is -2.13. The molecule has 6 heteroatoms. The van der Waals surface area contributed by atoms with Gasteiger partial charge in [-0.25, -0.2) is 9.18 Å². The van der Waals surface area contributed by atoms with Crippen LogP contribution in [0.2, 0.25) is 0 Å². The lowest BCUT2D eigenvalue weighted by molar-refractivity contribution is 0.102. The van der Waals surface area contributed by atoms with E-state index in [9.17, 15) is 14.0 Å². The van der Waals surface area contributed by atoms with Gasteiger partial charge in [-0.1, -0.05) is 0 Å². The number of hydrogen-bond donors (Lipinski definition) is 3. The summed E-state index contributed by atoms with van der Waals surface area (Å²) in [5, 5.41) is 2.72. The van der Waals surface area contributed by atoms with Crippen LogP contribution in [-0.2, 0) is 0 Å². The highest BCUT2D eigenvalue weighted by atomic mass is 19.1. The third-order valence-corrected chi connectivity index (χ3v) is 3.21. The van der Waals surface area contributed by atoms with Crippen molar-refractivity contribution >= 4 is 22.6 Å². The standard InChI is InChI=1S/C15H12FN3O2/c1-8-6-9(16)2-4-11(8)14(20)17-10-3-5-12-13(7-10)19-15(21)18-12/h2-7H,1H3,(H,17,20)(H2,18,19,21). The molecular formula is C15H12FN3O2. The maximum Gasteiger partial charge on any atom is 0.323 e. The lowest BCUT2D eigenvalue weighted by Gasteiger charge is -2.07. The number of amides is 1. The fraction of sp³-hybridized carbons (Fsp3) is 0.0667. The Morgan fingerprint density at radius 2 is 1.86 bits per heavy atom. The number of carbonyl (C=O) groups is 1. The Morgan fingerprint density at radius 1 is 1.10 bits per heavy atom.